The first-order chi connectivity index (χ1) is 19.0. The zero-order valence-electron chi connectivity index (χ0n) is 20.8. The molecule has 5 rings (SSSR count). The predicted molar refractivity (Wildman–Crippen MR) is 145 cm³/mol. The van der Waals surface area contributed by atoms with Gasteiger partial charge in [0, 0.05) is 5.56 Å². The number of aromatic nitrogens is 1. The fourth-order valence-corrected chi connectivity index (χ4v) is 5.36. The second-order valence-electron chi connectivity index (χ2n) is 8.50. The smallest absolute Gasteiger partial charge is 0.338 e. The molecule has 0 bridgehead atoms. The third-order valence-corrected chi connectivity index (χ3v) is 7.00. The lowest BCUT2D eigenvalue weighted by atomic mass is 9.93. The second-order valence-corrected chi connectivity index (χ2v) is 9.51. The topological polar surface area (TPSA) is 93.7 Å². The average Bonchev–Trinajstić information content (AvgIpc) is 3.26. The molecule has 1 aliphatic heterocycles. The molecule has 0 amide bonds. The first-order valence-electron chi connectivity index (χ1n) is 12.1. The maximum absolute atomic E-state index is 13.9. The summed E-state index contributed by atoms with van der Waals surface area (Å²) in [5, 5.41) is 8.80. The zero-order valence-corrected chi connectivity index (χ0v) is 21.7. The first-order valence-corrected chi connectivity index (χ1v) is 13.0. The number of fused-ring (bicyclic) bond motifs is 1. The normalized spacial score (nSPS) is 14.8. The van der Waals surface area contributed by atoms with Gasteiger partial charge in [-0.1, -0.05) is 65.9 Å². The van der Waals surface area contributed by atoms with E-state index in [0.717, 1.165) is 0 Å². The van der Waals surface area contributed by atoms with Crippen molar-refractivity contribution < 1.29 is 18.7 Å². The first kappa shape index (κ1) is 25.8. The van der Waals surface area contributed by atoms with Crippen LogP contribution in [0.15, 0.2) is 94.2 Å². The Morgan fingerprint density at radius 2 is 1.90 bits per heavy atom. The lowest BCUT2D eigenvalue weighted by Gasteiger charge is -2.25. The Labute approximate surface area is 227 Å². The molecule has 0 aliphatic carbocycles. The minimum atomic E-state index is -0.886. The highest BCUT2D eigenvalue weighted by molar-refractivity contribution is 7.07. The quantitative estimate of drug-likeness (QED) is 0.331. The third-order valence-electron chi connectivity index (χ3n) is 6.02. The number of hydrogen-bond acceptors (Lipinski definition) is 7. The van der Waals surface area contributed by atoms with Gasteiger partial charge in [-0.25, -0.2) is 14.2 Å². The van der Waals surface area contributed by atoms with Gasteiger partial charge in [0.25, 0.3) is 5.56 Å². The maximum Gasteiger partial charge on any atom is 0.338 e. The van der Waals surface area contributed by atoms with Gasteiger partial charge < -0.3 is 9.47 Å². The lowest BCUT2D eigenvalue weighted by Crippen LogP contribution is -2.40. The van der Waals surface area contributed by atoms with Crippen molar-refractivity contribution in [3.8, 4) is 11.8 Å². The summed E-state index contributed by atoms with van der Waals surface area (Å²) < 4.78 is 26.5. The van der Waals surface area contributed by atoms with Crippen LogP contribution >= 0.6 is 11.3 Å². The largest absolute Gasteiger partial charge is 0.479 e. The van der Waals surface area contributed by atoms with Gasteiger partial charge in [0.15, 0.2) is 11.4 Å². The average molecular weight is 540 g/mol. The van der Waals surface area contributed by atoms with E-state index in [1.165, 1.54) is 28.0 Å². The van der Waals surface area contributed by atoms with E-state index in [1.807, 2.05) is 42.5 Å². The van der Waals surface area contributed by atoms with Gasteiger partial charge in [0.1, 0.15) is 17.6 Å². The van der Waals surface area contributed by atoms with Crippen LogP contribution in [0.25, 0.3) is 11.8 Å². The molecule has 2 heterocycles. The van der Waals surface area contributed by atoms with E-state index < -0.39 is 17.8 Å². The summed E-state index contributed by atoms with van der Waals surface area (Å²) in [5.74, 6) is -0.543. The number of nitrogens with zero attached hydrogens (tertiary/aromatic N) is 3. The van der Waals surface area contributed by atoms with Crippen LogP contribution in [-0.4, -0.2) is 23.8 Å². The molecule has 0 radical (unpaired) electrons. The lowest BCUT2D eigenvalue weighted by molar-refractivity contribution is -0.138. The fourth-order valence-electron chi connectivity index (χ4n) is 4.36. The highest BCUT2D eigenvalue weighted by Crippen LogP contribution is 2.35. The van der Waals surface area contributed by atoms with Crippen LogP contribution in [0.5, 0.6) is 5.75 Å². The van der Waals surface area contributed by atoms with Crippen molar-refractivity contribution in [3.63, 3.8) is 0 Å². The van der Waals surface area contributed by atoms with Gasteiger partial charge in [-0.2, -0.15) is 5.26 Å². The molecule has 0 spiro atoms. The molecule has 3 aromatic carbocycles. The number of benzene rings is 3. The van der Waals surface area contributed by atoms with Gasteiger partial charge in [0.05, 0.1) is 28.5 Å². The summed E-state index contributed by atoms with van der Waals surface area (Å²) in [6.45, 7) is 1.74. The molecule has 7 nitrogen and oxygen atoms in total. The summed E-state index contributed by atoms with van der Waals surface area (Å²) in [6, 6.07) is 23.0. The minimum absolute atomic E-state index is 0.0950. The van der Waals surface area contributed by atoms with Crippen LogP contribution in [0.4, 0.5) is 4.39 Å². The van der Waals surface area contributed by atoms with Crippen molar-refractivity contribution in [2.24, 2.45) is 4.99 Å². The van der Waals surface area contributed by atoms with Crippen LogP contribution in [0.1, 0.15) is 29.7 Å². The van der Waals surface area contributed by atoms with Crippen molar-refractivity contribution in [2.45, 2.75) is 13.0 Å². The molecule has 0 saturated carbocycles. The highest BCUT2D eigenvalue weighted by Gasteiger charge is 2.35. The van der Waals surface area contributed by atoms with Gasteiger partial charge in [0.2, 0.25) is 0 Å². The molecule has 1 atom stereocenters. The molecular formula is C30H22FN3O4S. The van der Waals surface area contributed by atoms with E-state index in [4.69, 9.17) is 19.7 Å². The third kappa shape index (κ3) is 5.28. The Balaban J connectivity index is 1.76. The molecule has 0 unspecified atom stereocenters. The summed E-state index contributed by atoms with van der Waals surface area (Å²) in [7, 11) is 0. The fraction of sp³-hybridized carbons (Fsp3) is 0.133. The molecule has 9 heteroatoms. The Morgan fingerprint density at radius 1 is 1.13 bits per heavy atom. The van der Waals surface area contributed by atoms with Crippen molar-refractivity contribution >= 4 is 29.1 Å². The van der Waals surface area contributed by atoms with Crippen LogP contribution in [-0.2, 0) is 9.53 Å². The molecule has 1 aliphatic rings. The maximum atomic E-state index is 13.9. The number of esters is 1. The standard InChI is InChI=1S/C30H22FN3O4S/c1-2-37-29(36)25-26(20-8-4-3-5-9-20)33-30-34(27(25)21-11-13-22(31)14-12-21)28(35)24(39-30)18-19-7-6-10-23(17-19)38-16-15-32/h3-14,17-18,27H,2,16H2,1H3/b24-18-/t27-/m1/s1. The summed E-state index contributed by atoms with van der Waals surface area (Å²) in [4.78, 5) is 32.4. The predicted octanol–water partition coefficient (Wildman–Crippen LogP) is 3.98. The summed E-state index contributed by atoms with van der Waals surface area (Å²) in [6.07, 6.45) is 1.71. The molecule has 0 fully saturated rings. The van der Waals surface area contributed by atoms with Crippen LogP contribution < -0.4 is 19.6 Å². The second kappa shape index (κ2) is 11.3. The number of rotatable bonds is 7. The van der Waals surface area contributed by atoms with E-state index in [9.17, 15) is 14.0 Å². The molecule has 194 valence electrons. The summed E-state index contributed by atoms with van der Waals surface area (Å²) in [5.41, 5.74) is 2.16. The zero-order chi connectivity index (χ0) is 27.4. The Kier molecular flexibility index (Phi) is 7.48. The molecule has 4 aromatic rings. The van der Waals surface area contributed by atoms with Gasteiger partial charge in [-0.15, -0.1) is 0 Å². The molecule has 1 aromatic heterocycles. The number of carbonyl (C=O) groups excluding carboxylic acids is 1. The Morgan fingerprint density at radius 3 is 2.62 bits per heavy atom. The molecule has 39 heavy (non-hydrogen) atoms. The van der Waals surface area contributed by atoms with E-state index in [-0.39, 0.29) is 24.3 Å². The SMILES string of the molecule is CCOC(=O)C1=C(c2ccccc2)N=c2s/c(=C\c3cccc(OCC#N)c3)c(=O)n2[C@@H]1c1ccc(F)cc1. The van der Waals surface area contributed by atoms with Crippen LogP contribution in [0, 0.1) is 17.1 Å². The molecule has 0 N–H and O–H groups in total. The molecule has 0 saturated heterocycles. The van der Waals surface area contributed by atoms with Gasteiger partial charge in [-0.3, -0.25) is 9.36 Å². The van der Waals surface area contributed by atoms with Crippen LogP contribution in [0.3, 0.4) is 0 Å². The minimum Gasteiger partial charge on any atom is -0.479 e. The van der Waals surface area contributed by atoms with Crippen molar-refractivity contribution in [2.75, 3.05) is 13.2 Å². The number of nitriles is 1. The van der Waals surface area contributed by atoms with Crippen LogP contribution in [0.2, 0.25) is 0 Å². The molecular weight excluding hydrogens is 517 g/mol. The number of halogens is 1. The Hall–Kier alpha value is -4.81. The van der Waals surface area contributed by atoms with Crippen molar-refractivity contribution in [1.29, 1.82) is 5.26 Å². The van der Waals surface area contributed by atoms with E-state index in [0.29, 0.717) is 37.5 Å². The van der Waals surface area contributed by atoms with Gasteiger partial charge in [-0.05, 0) is 48.4 Å². The Bertz CT molecular complexity index is 1780. The van der Waals surface area contributed by atoms with Gasteiger partial charge >= 0.3 is 5.97 Å². The highest BCUT2D eigenvalue weighted by atomic mass is 32.1. The number of hydrogen-bond donors (Lipinski definition) is 0. The van der Waals surface area contributed by atoms with E-state index in [2.05, 4.69) is 0 Å². The van der Waals surface area contributed by atoms with E-state index >= 15 is 0 Å². The van der Waals surface area contributed by atoms with E-state index in [1.54, 1.807) is 43.3 Å². The van der Waals surface area contributed by atoms with Crippen molar-refractivity contribution in [1.82, 2.24) is 4.57 Å². The number of carbonyl (C=O) groups is 1. The summed E-state index contributed by atoms with van der Waals surface area (Å²) >= 11 is 1.18. The monoisotopic (exact) mass is 539 g/mol. The van der Waals surface area contributed by atoms with Crippen molar-refractivity contribution in [3.05, 3.63) is 127 Å². The number of thiazole rings is 1. The number of ether oxygens (including phenoxy) is 2.